The molecule has 0 saturated heterocycles. The lowest BCUT2D eigenvalue weighted by Gasteiger charge is -2.25. The van der Waals surface area contributed by atoms with E-state index in [0.717, 1.165) is 16.4 Å². The van der Waals surface area contributed by atoms with E-state index in [4.69, 9.17) is 18.9 Å². The van der Waals surface area contributed by atoms with Crippen LogP contribution in [-0.4, -0.2) is 56.7 Å². The summed E-state index contributed by atoms with van der Waals surface area (Å²) in [6.07, 6.45) is -0.425. The number of hydrogen-bond donors (Lipinski definition) is 0. The van der Waals surface area contributed by atoms with Crippen LogP contribution < -0.4 is 4.74 Å². The van der Waals surface area contributed by atoms with Crippen LogP contribution in [0.5, 0.6) is 5.75 Å². The van der Waals surface area contributed by atoms with Crippen molar-refractivity contribution in [3.05, 3.63) is 29.8 Å². The van der Waals surface area contributed by atoms with Crippen molar-refractivity contribution in [2.45, 2.75) is 43.8 Å². The third-order valence-electron chi connectivity index (χ3n) is 3.84. The second kappa shape index (κ2) is 8.88. The van der Waals surface area contributed by atoms with Gasteiger partial charge in [0.1, 0.15) is 33.9 Å². The van der Waals surface area contributed by atoms with Crippen molar-refractivity contribution >= 4 is 22.8 Å². The lowest BCUT2D eigenvalue weighted by atomic mass is 10.1. The maximum absolute atomic E-state index is 12.8. The molecular weight excluding hydrogens is 354 g/mol. The fourth-order valence-electron chi connectivity index (χ4n) is 2.59. The molecule has 1 unspecified atom stereocenters. The fraction of sp³-hybridized carbons (Fsp3) is 0.579. The summed E-state index contributed by atoms with van der Waals surface area (Å²) < 4.78 is 21.8. The molecule has 2 rings (SSSR count). The van der Waals surface area contributed by atoms with Crippen LogP contribution in [0.25, 0.3) is 0 Å². The first-order valence-corrected chi connectivity index (χ1v) is 9.30. The SMILES string of the molecule is COc1ccc(C(SC2=NC[C@H](OC)[C@H]2OC)C(=O)OC(C)(C)C)cc1. The number of hydrogen-bond acceptors (Lipinski definition) is 7. The maximum Gasteiger partial charge on any atom is 0.324 e. The number of aliphatic imine (C=N–C) groups is 1. The molecule has 0 aliphatic carbocycles. The largest absolute Gasteiger partial charge is 0.497 e. The molecule has 0 bridgehead atoms. The van der Waals surface area contributed by atoms with E-state index < -0.39 is 10.9 Å². The first-order valence-electron chi connectivity index (χ1n) is 8.42. The van der Waals surface area contributed by atoms with Crippen molar-refractivity contribution in [3.63, 3.8) is 0 Å². The molecule has 1 heterocycles. The Morgan fingerprint density at radius 3 is 2.31 bits per heavy atom. The Morgan fingerprint density at radius 2 is 1.81 bits per heavy atom. The van der Waals surface area contributed by atoms with Gasteiger partial charge in [0, 0.05) is 14.2 Å². The number of nitrogens with zero attached hydrogens (tertiary/aromatic N) is 1. The summed E-state index contributed by atoms with van der Waals surface area (Å²) in [5.74, 6) is 0.417. The monoisotopic (exact) mass is 381 g/mol. The van der Waals surface area contributed by atoms with Gasteiger partial charge in [-0.2, -0.15) is 0 Å². The highest BCUT2D eigenvalue weighted by Gasteiger charge is 2.37. The number of ether oxygens (including phenoxy) is 4. The zero-order valence-electron chi connectivity index (χ0n) is 16.1. The van der Waals surface area contributed by atoms with E-state index in [0.29, 0.717) is 6.54 Å². The topological polar surface area (TPSA) is 66.3 Å². The van der Waals surface area contributed by atoms with Gasteiger partial charge in [0.2, 0.25) is 0 Å². The quantitative estimate of drug-likeness (QED) is 0.705. The van der Waals surface area contributed by atoms with Gasteiger partial charge < -0.3 is 18.9 Å². The van der Waals surface area contributed by atoms with Crippen molar-refractivity contribution in [1.29, 1.82) is 0 Å². The summed E-state index contributed by atoms with van der Waals surface area (Å²) in [6, 6.07) is 7.39. The molecule has 1 aliphatic rings. The highest BCUT2D eigenvalue weighted by atomic mass is 32.2. The Labute approximate surface area is 159 Å². The second-order valence-electron chi connectivity index (χ2n) is 6.91. The molecule has 0 fully saturated rings. The van der Waals surface area contributed by atoms with Crippen LogP contribution in [0.2, 0.25) is 0 Å². The molecule has 26 heavy (non-hydrogen) atoms. The molecule has 0 N–H and O–H groups in total. The van der Waals surface area contributed by atoms with Crippen LogP contribution in [0, 0.1) is 0 Å². The maximum atomic E-state index is 12.8. The third-order valence-corrected chi connectivity index (χ3v) is 5.15. The molecule has 0 amide bonds. The van der Waals surface area contributed by atoms with Crippen LogP contribution in [0.1, 0.15) is 31.6 Å². The molecule has 7 heteroatoms. The molecule has 3 atom stereocenters. The lowest BCUT2D eigenvalue weighted by Crippen LogP contribution is -2.33. The highest BCUT2D eigenvalue weighted by molar-refractivity contribution is 8.14. The van der Waals surface area contributed by atoms with Crippen molar-refractivity contribution in [2.24, 2.45) is 4.99 Å². The first kappa shape index (κ1) is 20.7. The molecule has 0 radical (unpaired) electrons. The van der Waals surface area contributed by atoms with Crippen LogP contribution in [0.4, 0.5) is 0 Å². The standard InChI is InChI=1S/C19H27NO5S/c1-19(2,3)25-18(21)16(12-7-9-13(22-4)10-8-12)26-17-15(24-6)14(23-5)11-20-17/h7-10,14-16H,11H2,1-6H3/t14-,15+,16?/m0/s1. The Hall–Kier alpha value is -1.57. The molecule has 6 nitrogen and oxygen atoms in total. The number of benzene rings is 1. The van der Waals surface area contributed by atoms with Gasteiger partial charge in [0.15, 0.2) is 0 Å². The smallest absolute Gasteiger partial charge is 0.324 e. The molecular formula is C19H27NO5S. The van der Waals surface area contributed by atoms with Gasteiger partial charge in [0.05, 0.1) is 13.7 Å². The molecule has 144 valence electrons. The molecule has 1 aromatic carbocycles. The Kier molecular flexibility index (Phi) is 7.08. The Balaban J connectivity index is 2.26. The summed E-state index contributed by atoms with van der Waals surface area (Å²) in [5.41, 5.74) is 0.249. The first-order chi connectivity index (χ1) is 12.3. The van der Waals surface area contributed by atoms with E-state index in [-0.39, 0.29) is 18.2 Å². The van der Waals surface area contributed by atoms with Gasteiger partial charge in [-0.05, 0) is 38.5 Å². The van der Waals surface area contributed by atoms with Crippen LogP contribution >= 0.6 is 11.8 Å². The van der Waals surface area contributed by atoms with Gasteiger partial charge >= 0.3 is 5.97 Å². The average Bonchev–Trinajstić information content (AvgIpc) is 3.00. The predicted octanol–water partition coefficient (Wildman–Crippen LogP) is 3.25. The van der Waals surface area contributed by atoms with Crippen molar-refractivity contribution in [2.75, 3.05) is 27.9 Å². The van der Waals surface area contributed by atoms with E-state index in [9.17, 15) is 4.79 Å². The number of carbonyl (C=O) groups is 1. The van der Waals surface area contributed by atoms with E-state index in [2.05, 4.69) is 4.99 Å². The highest BCUT2D eigenvalue weighted by Crippen LogP contribution is 2.37. The molecule has 0 saturated carbocycles. The zero-order valence-corrected chi connectivity index (χ0v) is 17.0. The minimum Gasteiger partial charge on any atom is -0.497 e. The van der Waals surface area contributed by atoms with E-state index in [1.165, 1.54) is 11.8 Å². The van der Waals surface area contributed by atoms with E-state index in [1.54, 1.807) is 21.3 Å². The molecule has 0 spiro atoms. The van der Waals surface area contributed by atoms with Crippen molar-refractivity contribution in [3.8, 4) is 5.75 Å². The minimum atomic E-state index is -0.574. The second-order valence-corrected chi connectivity index (χ2v) is 8.04. The van der Waals surface area contributed by atoms with Gasteiger partial charge in [-0.3, -0.25) is 9.79 Å². The fourth-order valence-corrected chi connectivity index (χ4v) is 3.80. The lowest BCUT2D eigenvalue weighted by molar-refractivity contribution is -0.154. The van der Waals surface area contributed by atoms with Gasteiger partial charge in [-0.25, -0.2) is 0 Å². The van der Waals surface area contributed by atoms with Crippen LogP contribution in [0.15, 0.2) is 29.3 Å². The number of methoxy groups -OCH3 is 3. The van der Waals surface area contributed by atoms with E-state index in [1.807, 2.05) is 45.0 Å². The number of carbonyl (C=O) groups excluding carboxylic acids is 1. The third kappa shape index (κ3) is 5.22. The molecule has 0 aromatic heterocycles. The van der Waals surface area contributed by atoms with Crippen molar-refractivity contribution < 1.29 is 23.7 Å². The predicted molar refractivity (Wildman–Crippen MR) is 103 cm³/mol. The summed E-state index contributed by atoms with van der Waals surface area (Å²) in [5, 5.41) is 0.193. The Morgan fingerprint density at radius 1 is 1.15 bits per heavy atom. The number of esters is 1. The summed E-state index contributed by atoms with van der Waals surface area (Å²) >= 11 is 1.35. The number of rotatable bonds is 6. The van der Waals surface area contributed by atoms with Crippen LogP contribution in [-0.2, 0) is 19.0 Å². The molecule has 1 aromatic rings. The number of thioether (sulfide) groups is 1. The normalized spacial score (nSPS) is 21.2. The zero-order chi connectivity index (χ0) is 19.3. The van der Waals surface area contributed by atoms with Gasteiger partial charge in [0.25, 0.3) is 0 Å². The van der Waals surface area contributed by atoms with Gasteiger partial charge in [-0.1, -0.05) is 23.9 Å². The van der Waals surface area contributed by atoms with Crippen molar-refractivity contribution in [1.82, 2.24) is 0 Å². The summed E-state index contributed by atoms with van der Waals surface area (Å²) in [6.45, 7) is 6.08. The Bertz CT molecular complexity index is 638. The van der Waals surface area contributed by atoms with Crippen LogP contribution in [0.3, 0.4) is 0 Å². The average molecular weight is 381 g/mol. The molecule has 1 aliphatic heterocycles. The summed E-state index contributed by atoms with van der Waals surface area (Å²) in [4.78, 5) is 17.4. The minimum absolute atomic E-state index is 0.141. The van der Waals surface area contributed by atoms with Gasteiger partial charge in [-0.15, -0.1) is 0 Å². The summed E-state index contributed by atoms with van der Waals surface area (Å²) in [7, 11) is 4.86. The van der Waals surface area contributed by atoms with E-state index >= 15 is 0 Å².